The highest BCUT2D eigenvalue weighted by Crippen LogP contribution is 2.31. The standard InChI is InChI=1S/C21H30N6O5S/c1-21(2)7-5-16(32-21)11-27-8-6-18(26-27)19(28)17-10-23-13-24-20(17)25-15-4-3-14(9-15)12-31-33(22,29)30/h6,8,10,13-16H,3-5,7,9,11-12H2,1-2H3,(H2,22,29,30)(H,23,24,25). The Labute approximate surface area is 193 Å². The second-order valence-electron chi connectivity index (χ2n) is 9.37. The summed E-state index contributed by atoms with van der Waals surface area (Å²) in [5, 5.41) is 12.7. The Bertz CT molecular complexity index is 1100. The molecule has 1 saturated heterocycles. The van der Waals surface area contributed by atoms with E-state index in [2.05, 4.69) is 34.2 Å². The second-order valence-corrected chi connectivity index (χ2v) is 10.6. The van der Waals surface area contributed by atoms with Gasteiger partial charge in [-0.3, -0.25) is 13.7 Å². The fourth-order valence-electron chi connectivity index (χ4n) is 4.49. The molecule has 3 unspecified atom stereocenters. The summed E-state index contributed by atoms with van der Waals surface area (Å²) >= 11 is 0. The highest BCUT2D eigenvalue weighted by atomic mass is 32.2. The first kappa shape index (κ1) is 23.7. The SMILES string of the molecule is CC1(C)CCC(Cn2ccc(C(=O)c3cncnc3NC3CCC(COS(N)(=O)=O)C3)n2)O1. The van der Waals surface area contributed by atoms with Crippen LogP contribution in [-0.4, -0.2) is 58.3 Å². The van der Waals surface area contributed by atoms with Gasteiger partial charge in [0, 0.05) is 18.4 Å². The first-order valence-corrected chi connectivity index (χ1v) is 12.5. The summed E-state index contributed by atoms with van der Waals surface area (Å²) in [5.74, 6) is 0.223. The zero-order valence-corrected chi connectivity index (χ0v) is 19.6. The molecule has 0 bridgehead atoms. The molecule has 1 aliphatic heterocycles. The number of ketones is 1. The Morgan fingerprint density at radius 1 is 1.36 bits per heavy atom. The summed E-state index contributed by atoms with van der Waals surface area (Å²) in [6, 6.07) is 1.72. The van der Waals surface area contributed by atoms with Crippen LogP contribution < -0.4 is 10.5 Å². The molecular weight excluding hydrogens is 448 g/mol. The molecule has 0 aromatic carbocycles. The van der Waals surface area contributed by atoms with Gasteiger partial charge in [-0.05, 0) is 57.9 Å². The summed E-state index contributed by atoms with van der Waals surface area (Å²) in [6.45, 7) is 4.80. The third-order valence-corrected chi connectivity index (χ3v) is 6.59. The van der Waals surface area contributed by atoms with Crippen LogP contribution in [0, 0.1) is 5.92 Å². The summed E-state index contributed by atoms with van der Waals surface area (Å²) in [6.07, 6.45) is 8.94. The van der Waals surface area contributed by atoms with E-state index < -0.39 is 10.3 Å². The summed E-state index contributed by atoms with van der Waals surface area (Å²) in [5.41, 5.74) is 0.531. The molecule has 0 radical (unpaired) electrons. The molecule has 1 aliphatic carbocycles. The van der Waals surface area contributed by atoms with Gasteiger partial charge in [-0.15, -0.1) is 0 Å². The molecule has 2 fully saturated rings. The Kier molecular flexibility index (Phi) is 6.80. The smallest absolute Gasteiger partial charge is 0.333 e. The van der Waals surface area contributed by atoms with Crippen LogP contribution in [0.3, 0.4) is 0 Å². The molecule has 12 heteroatoms. The van der Waals surface area contributed by atoms with Crippen molar-refractivity contribution in [2.45, 2.75) is 70.2 Å². The van der Waals surface area contributed by atoms with Crippen molar-refractivity contribution in [1.29, 1.82) is 0 Å². The minimum absolute atomic E-state index is 0.0287. The summed E-state index contributed by atoms with van der Waals surface area (Å²) in [4.78, 5) is 21.4. The van der Waals surface area contributed by atoms with Gasteiger partial charge in [-0.25, -0.2) is 15.1 Å². The van der Waals surface area contributed by atoms with Gasteiger partial charge in [0.25, 0.3) is 0 Å². The predicted molar refractivity (Wildman–Crippen MR) is 120 cm³/mol. The van der Waals surface area contributed by atoms with Crippen LogP contribution in [0.2, 0.25) is 0 Å². The Hall–Kier alpha value is -2.41. The van der Waals surface area contributed by atoms with E-state index in [-0.39, 0.29) is 36.1 Å². The van der Waals surface area contributed by atoms with Crippen molar-refractivity contribution >= 4 is 21.9 Å². The van der Waals surface area contributed by atoms with Gasteiger partial charge in [0.2, 0.25) is 5.78 Å². The molecule has 180 valence electrons. The number of anilines is 1. The second kappa shape index (κ2) is 9.45. The summed E-state index contributed by atoms with van der Waals surface area (Å²) in [7, 11) is -3.95. The van der Waals surface area contributed by atoms with Crippen molar-refractivity contribution in [3.63, 3.8) is 0 Å². The topological polar surface area (TPSA) is 151 Å². The van der Waals surface area contributed by atoms with Crippen molar-refractivity contribution < 1.29 is 22.1 Å². The third-order valence-electron chi connectivity index (χ3n) is 6.13. The van der Waals surface area contributed by atoms with Crippen LogP contribution in [0.25, 0.3) is 0 Å². The maximum atomic E-state index is 13.1. The van der Waals surface area contributed by atoms with E-state index in [9.17, 15) is 13.2 Å². The molecule has 1 saturated carbocycles. The molecule has 2 aliphatic rings. The first-order valence-electron chi connectivity index (χ1n) is 11.1. The minimum atomic E-state index is -3.95. The van der Waals surface area contributed by atoms with Gasteiger partial charge in [0.15, 0.2) is 0 Å². The molecule has 3 atom stereocenters. The molecule has 4 rings (SSSR count). The highest BCUT2D eigenvalue weighted by Gasteiger charge is 2.32. The lowest BCUT2D eigenvalue weighted by Gasteiger charge is -2.19. The lowest BCUT2D eigenvalue weighted by molar-refractivity contribution is -0.0230. The summed E-state index contributed by atoms with van der Waals surface area (Å²) < 4.78 is 34.5. The minimum Gasteiger partial charge on any atom is -0.370 e. The molecule has 0 amide bonds. The number of nitrogens with zero attached hydrogens (tertiary/aromatic N) is 4. The average molecular weight is 479 g/mol. The van der Waals surface area contributed by atoms with E-state index >= 15 is 0 Å². The van der Waals surface area contributed by atoms with E-state index in [1.165, 1.54) is 12.5 Å². The normalized spacial score (nSPS) is 24.8. The number of ether oxygens (including phenoxy) is 1. The van der Waals surface area contributed by atoms with E-state index in [0.29, 0.717) is 30.0 Å². The van der Waals surface area contributed by atoms with Crippen molar-refractivity contribution in [3.05, 3.63) is 36.0 Å². The van der Waals surface area contributed by atoms with Crippen molar-refractivity contribution in [1.82, 2.24) is 19.7 Å². The Morgan fingerprint density at radius 2 is 2.18 bits per heavy atom. The number of aromatic nitrogens is 4. The molecule has 0 spiro atoms. The predicted octanol–water partition coefficient (Wildman–Crippen LogP) is 1.66. The van der Waals surface area contributed by atoms with E-state index in [1.54, 1.807) is 16.9 Å². The number of carbonyl (C=O) groups is 1. The molecule has 3 N–H and O–H groups in total. The van der Waals surface area contributed by atoms with Crippen LogP contribution in [-0.2, 0) is 25.8 Å². The van der Waals surface area contributed by atoms with Gasteiger partial charge in [-0.2, -0.15) is 13.5 Å². The van der Waals surface area contributed by atoms with E-state index in [4.69, 9.17) is 14.1 Å². The monoisotopic (exact) mass is 478 g/mol. The number of hydrogen-bond acceptors (Lipinski definition) is 9. The maximum Gasteiger partial charge on any atom is 0.333 e. The fourth-order valence-corrected chi connectivity index (χ4v) is 4.87. The lowest BCUT2D eigenvalue weighted by atomic mass is 10.1. The van der Waals surface area contributed by atoms with Crippen molar-refractivity contribution in [3.8, 4) is 0 Å². The van der Waals surface area contributed by atoms with Crippen LogP contribution in [0.1, 0.15) is 62.0 Å². The van der Waals surface area contributed by atoms with Crippen LogP contribution >= 0.6 is 0 Å². The van der Waals surface area contributed by atoms with Gasteiger partial charge in [0.1, 0.15) is 17.8 Å². The molecule has 11 nitrogen and oxygen atoms in total. The molecule has 3 heterocycles. The number of hydrogen-bond donors (Lipinski definition) is 2. The zero-order valence-electron chi connectivity index (χ0n) is 18.8. The highest BCUT2D eigenvalue weighted by molar-refractivity contribution is 7.84. The van der Waals surface area contributed by atoms with Crippen LogP contribution in [0.5, 0.6) is 0 Å². The number of carbonyl (C=O) groups excluding carboxylic acids is 1. The zero-order chi connectivity index (χ0) is 23.6. The molecule has 2 aromatic rings. The van der Waals surface area contributed by atoms with Gasteiger partial charge in [0.05, 0.1) is 30.4 Å². The third kappa shape index (κ3) is 6.34. The average Bonchev–Trinajstić information content (AvgIpc) is 3.47. The van der Waals surface area contributed by atoms with E-state index in [1.807, 2.05) is 0 Å². The molecule has 33 heavy (non-hydrogen) atoms. The van der Waals surface area contributed by atoms with Crippen LogP contribution in [0.4, 0.5) is 5.82 Å². The van der Waals surface area contributed by atoms with E-state index in [0.717, 1.165) is 25.7 Å². The quantitative estimate of drug-likeness (QED) is 0.513. The molecular formula is C21H30N6O5S. The van der Waals surface area contributed by atoms with Gasteiger partial charge in [-0.1, -0.05) is 0 Å². The largest absolute Gasteiger partial charge is 0.370 e. The lowest BCUT2D eigenvalue weighted by Crippen LogP contribution is -2.23. The van der Waals surface area contributed by atoms with Gasteiger partial charge >= 0.3 is 10.3 Å². The van der Waals surface area contributed by atoms with Crippen molar-refractivity contribution in [2.24, 2.45) is 11.1 Å². The van der Waals surface area contributed by atoms with Crippen molar-refractivity contribution in [2.75, 3.05) is 11.9 Å². The number of nitrogens with two attached hydrogens (primary N) is 1. The molecule has 2 aromatic heterocycles. The fraction of sp³-hybridized carbons (Fsp3) is 0.619. The number of nitrogens with one attached hydrogen (secondary N) is 1. The maximum absolute atomic E-state index is 13.1. The number of rotatable bonds is 9. The first-order chi connectivity index (χ1) is 15.6. The Morgan fingerprint density at radius 3 is 2.91 bits per heavy atom. The van der Waals surface area contributed by atoms with Crippen LogP contribution in [0.15, 0.2) is 24.8 Å². The Balaban J connectivity index is 1.38. The van der Waals surface area contributed by atoms with Gasteiger partial charge < -0.3 is 10.1 Å².